The van der Waals surface area contributed by atoms with Gasteiger partial charge in [-0.3, -0.25) is 0 Å². The fourth-order valence-electron chi connectivity index (χ4n) is 3.85. The minimum atomic E-state index is 0.283. The van der Waals surface area contributed by atoms with Crippen LogP contribution in [0.3, 0.4) is 0 Å². The summed E-state index contributed by atoms with van der Waals surface area (Å²) in [6, 6.07) is 0. The molecule has 2 nitrogen and oxygen atoms in total. The largest absolute Gasteiger partial charge is 0.411 e. The lowest BCUT2D eigenvalue weighted by atomic mass is 9.72. The molecule has 0 aromatic carbocycles. The molecule has 0 fully saturated rings. The lowest BCUT2D eigenvalue weighted by Gasteiger charge is -2.32. The average molecular weight is 472 g/mol. The Morgan fingerprint density at radius 3 is 1.71 bits per heavy atom. The summed E-state index contributed by atoms with van der Waals surface area (Å²) in [4.78, 5) is 0. The van der Waals surface area contributed by atoms with E-state index >= 15 is 0 Å². The van der Waals surface area contributed by atoms with Gasteiger partial charge in [-0.25, -0.2) is 0 Å². The Bertz CT molecular complexity index is 1040. The van der Waals surface area contributed by atoms with Gasteiger partial charge in [0.1, 0.15) is 0 Å². The maximum absolute atomic E-state index is 8.66. The number of hydrogen-bond acceptors (Lipinski definition) is 2. The van der Waals surface area contributed by atoms with Crippen molar-refractivity contribution >= 4 is 5.71 Å². The van der Waals surface area contributed by atoms with Crippen LogP contribution in [-0.4, -0.2) is 10.9 Å². The van der Waals surface area contributed by atoms with E-state index in [2.05, 4.69) is 107 Å². The molecule has 0 amide bonds. The predicted molar refractivity (Wildman–Crippen MR) is 156 cm³/mol. The molecule has 0 radical (unpaired) electrons. The second-order valence-electron chi connectivity index (χ2n) is 10.1. The van der Waals surface area contributed by atoms with Crippen LogP contribution in [0.4, 0.5) is 0 Å². The lowest BCUT2D eigenvalue weighted by Crippen LogP contribution is -2.19. The molecule has 0 bridgehead atoms. The molecule has 2 heteroatoms. The van der Waals surface area contributed by atoms with Crippen LogP contribution in [0.25, 0.3) is 0 Å². The van der Waals surface area contributed by atoms with Gasteiger partial charge >= 0.3 is 0 Å². The highest BCUT2D eigenvalue weighted by Crippen LogP contribution is 2.40. The van der Waals surface area contributed by atoms with Crippen molar-refractivity contribution in [1.29, 1.82) is 0 Å². The second-order valence-corrected chi connectivity index (χ2v) is 10.1. The summed E-state index contributed by atoms with van der Waals surface area (Å²) in [7, 11) is 0. The highest BCUT2D eigenvalue weighted by molar-refractivity contribution is 5.92. The molecule has 35 heavy (non-hydrogen) atoms. The van der Waals surface area contributed by atoms with Gasteiger partial charge in [0.15, 0.2) is 0 Å². The van der Waals surface area contributed by atoms with Crippen molar-refractivity contribution in [3.8, 4) is 0 Å². The Hall–Kier alpha value is -3.13. The summed E-state index contributed by atoms with van der Waals surface area (Å²) in [6.07, 6.45) is 32.9. The quantitative estimate of drug-likeness (QED) is 0.146. The maximum Gasteiger partial charge on any atom is 0.0764 e. The van der Waals surface area contributed by atoms with Crippen LogP contribution in [0.2, 0.25) is 0 Å². The first-order chi connectivity index (χ1) is 16.5. The Balaban J connectivity index is 2.63. The van der Waals surface area contributed by atoms with Gasteiger partial charge in [0.05, 0.1) is 5.71 Å². The van der Waals surface area contributed by atoms with Gasteiger partial charge in [-0.15, -0.1) is 0 Å². The van der Waals surface area contributed by atoms with E-state index in [9.17, 15) is 0 Å². The first-order valence-electron chi connectivity index (χ1n) is 12.5. The Labute approximate surface area is 214 Å². The minimum Gasteiger partial charge on any atom is -0.411 e. The fraction of sp³-hybridized carbons (Fsp3) is 0.364. The second kappa shape index (κ2) is 15.7. The molecule has 0 saturated heterocycles. The topological polar surface area (TPSA) is 32.6 Å². The Kier molecular flexibility index (Phi) is 13.4. The molecule has 0 aromatic heterocycles. The van der Waals surface area contributed by atoms with E-state index < -0.39 is 0 Å². The molecule has 1 N–H and O–H groups in total. The molecule has 0 spiro atoms. The van der Waals surface area contributed by atoms with Crippen LogP contribution in [0.5, 0.6) is 0 Å². The highest BCUT2D eigenvalue weighted by atomic mass is 16.4. The van der Waals surface area contributed by atoms with Crippen LogP contribution < -0.4 is 0 Å². The summed E-state index contributed by atoms with van der Waals surface area (Å²) in [6.45, 7) is 17.1. The molecule has 1 rings (SSSR count). The van der Waals surface area contributed by atoms with Gasteiger partial charge in [0.25, 0.3) is 0 Å². The molecule has 0 aromatic rings. The molecule has 0 saturated carbocycles. The number of oxime groups is 1. The predicted octanol–water partition coefficient (Wildman–Crippen LogP) is 9.93. The molecule has 0 aliphatic heterocycles. The normalized spacial score (nSPS) is 19.6. The third-order valence-corrected chi connectivity index (χ3v) is 6.07. The van der Waals surface area contributed by atoms with Crippen molar-refractivity contribution in [1.82, 2.24) is 0 Å². The van der Waals surface area contributed by atoms with E-state index in [1.165, 1.54) is 47.1 Å². The summed E-state index contributed by atoms with van der Waals surface area (Å²) in [5.41, 5.74) is 8.62. The minimum absolute atomic E-state index is 0.283. The number of nitrogens with zero attached hydrogens (tertiary/aromatic N) is 1. The third-order valence-electron chi connectivity index (χ3n) is 6.07. The summed E-state index contributed by atoms with van der Waals surface area (Å²) in [5, 5.41) is 11.8. The van der Waals surface area contributed by atoms with Crippen molar-refractivity contribution in [2.45, 2.75) is 74.7 Å². The molecular weight excluding hydrogens is 426 g/mol. The van der Waals surface area contributed by atoms with E-state index in [1.807, 2.05) is 25.2 Å². The van der Waals surface area contributed by atoms with Gasteiger partial charge in [-0.1, -0.05) is 126 Å². The van der Waals surface area contributed by atoms with E-state index in [1.54, 1.807) is 13.0 Å². The van der Waals surface area contributed by atoms with Gasteiger partial charge in [-0.05, 0) is 77.9 Å². The van der Waals surface area contributed by atoms with Crippen LogP contribution >= 0.6 is 0 Å². The smallest absolute Gasteiger partial charge is 0.0764 e. The zero-order valence-corrected chi connectivity index (χ0v) is 23.1. The van der Waals surface area contributed by atoms with Gasteiger partial charge in [-0.2, -0.15) is 0 Å². The number of rotatable bonds is 10. The van der Waals surface area contributed by atoms with E-state index in [0.29, 0.717) is 5.71 Å². The highest BCUT2D eigenvalue weighted by Gasteiger charge is 2.26. The molecule has 1 aliphatic carbocycles. The van der Waals surface area contributed by atoms with Crippen LogP contribution in [0, 0.1) is 5.41 Å². The summed E-state index contributed by atoms with van der Waals surface area (Å²) < 4.78 is 0. The third kappa shape index (κ3) is 12.8. The average Bonchev–Trinajstić information content (AvgIpc) is 2.79. The first-order valence-corrected chi connectivity index (χ1v) is 12.5. The lowest BCUT2D eigenvalue weighted by molar-refractivity contribution is 0.319. The van der Waals surface area contributed by atoms with Crippen molar-refractivity contribution in [2.24, 2.45) is 10.6 Å². The molecule has 0 atom stereocenters. The van der Waals surface area contributed by atoms with E-state index in [-0.39, 0.29) is 5.41 Å². The van der Waals surface area contributed by atoms with Gasteiger partial charge < -0.3 is 5.21 Å². The van der Waals surface area contributed by atoms with Gasteiger partial charge in [0, 0.05) is 0 Å². The maximum atomic E-state index is 8.66. The fourth-order valence-corrected chi connectivity index (χ4v) is 3.85. The molecule has 0 unspecified atom stereocenters. The number of hydrogen-bond donors (Lipinski definition) is 1. The van der Waals surface area contributed by atoms with Crippen molar-refractivity contribution in [2.75, 3.05) is 0 Å². The van der Waals surface area contributed by atoms with E-state index in [0.717, 1.165) is 5.57 Å². The molecule has 188 valence electrons. The van der Waals surface area contributed by atoms with Crippen LogP contribution in [-0.2, 0) is 0 Å². The van der Waals surface area contributed by atoms with E-state index in [4.69, 9.17) is 5.21 Å². The molecule has 1 aliphatic rings. The van der Waals surface area contributed by atoms with Crippen molar-refractivity contribution in [3.05, 3.63) is 119 Å². The van der Waals surface area contributed by atoms with Crippen molar-refractivity contribution in [3.63, 3.8) is 0 Å². The monoisotopic (exact) mass is 471 g/mol. The number of allylic oxidation sites excluding steroid dienone is 20. The molecule has 0 heterocycles. The van der Waals surface area contributed by atoms with Crippen LogP contribution in [0.1, 0.15) is 74.7 Å². The molecular formula is C33H45NO. The zero-order chi connectivity index (χ0) is 26.3. The summed E-state index contributed by atoms with van der Waals surface area (Å²) >= 11 is 0. The van der Waals surface area contributed by atoms with Gasteiger partial charge in [0.2, 0.25) is 0 Å². The Morgan fingerprint density at radius 2 is 1.20 bits per heavy atom. The Morgan fingerprint density at radius 1 is 0.714 bits per heavy atom. The SMILES string of the molecule is CC1=C(/C=C/C(C)=C/C=C/C(C)=C/C=C/C=C(C)/C=C/C=C(C)/C=C/C(C)=N/O)C(C)(C)CCC1. The summed E-state index contributed by atoms with van der Waals surface area (Å²) in [5.74, 6) is 0. The first kappa shape index (κ1) is 29.9. The van der Waals surface area contributed by atoms with Crippen molar-refractivity contribution < 1.29 is 5.21 Å². The zero-order valence-electron chi connectivity index (χ0n) is 23.1. The van der Waals surface area contributed by atoms with Crippen LogP contribution in [0.15, 0.2) is 124 Å². The standard InChI is InChI=1S/C33H45NO/c1-26(16-11-18-28(3)21-23-31(6)34-35)14-9-10-15-27(2)17-12-19-29(4)22-24-32-30(5)20-13-25-33(32,7)8/h9-12,14-19,21-24,35H,13,20,25H2,1-8H3/b10-9+,16-11+,17-12+,23-21+,24-22+,26-14+,27-15+,28-18+,29-19+,34-31+.